The lowest BCUT2D eigenvalue weighted by molar-refractivity contribution is 0.0198. The first-order chi connectivity index (χ1) is 8.04. The van der Waals surface area contributed by atoms with Gasteiger partial charge in [-0.1, -0.05) is 0 Å². The molecule has 0 saturated carbocycles. The van der Waals surface area contributed by atoms with E-state index in [0.29, 0.717) is 12.4 Å². The zero-order valence-corrected chi connectivity index (χ0v) is 10.5. The molecule has 94 valence electrons. The van der Waals surface area contributed by atoms with Crippen molar-refractivity contribution in [3.05, 3.63) is 22.1 Å². The van der Waals surface area contributed by atoms with Crippen molar-refractivity contribution in [1.82, 2.24) is 9.55 Å². The van der Waals surface area contributed by atoms with Crippen LogP contribution in [0.25, 0.3) is 0 Å². The molecule has 1 aliphatic rings. The normalized spacial score (nSPS) is 23.9. The number of aromatic nitrogens is 2. The molecule has 1 aromatic heterocycles. The van der Waals surface area contributed by atoms with Crippen LogP contribution in [0.4, 0.5) is 0 Å². The maximum Gasteiger partial charge on any atom is 0.298 e. The van der Waals surface area contributed by atoms with Crippen LogP contribution in [0.15, 0.2) is 10.9 Å². The molecule has 1 unspecified atom stereocenters. The Morgan fingerprint density at radius 2 is 2.41 bits per heavy atom. The Hall–Kier alpha value is -1.36. The summed E-state index contributed by atoms with van der Waals surface area (Å²) in [6, 6.07) is 1.89. The first-order valence-corrected chi connectivity index (χ1v) is 5.79. The molecule has 0 spiro atoms. The highest BCUT2D eigenvalue weighted by atomic mass is 16.5. The van der Waals surface area contributed by atoms with Crippen molar-refractivity contribution in [3.8, 4) is 6.01 Å². The third kappa shape index (κ3) is 2.49. The lowest BCUT2D eigenvalue weighted by atomic mass is 9.96. The highest BCUT2D eigenvalue weighted by molar-refractivity contribution is 5.10. The van der Waals surface area contributed by atoms with E-state index in [1.165, 1.54) is 11.7 Å². The van der Waals surface area contributed by atoms with Crippen LogP contribution in [-0.2, 0) is 18.2 Å². The van der Waals surface area contributed by atoms with Crippen LogP contribution in [-0.4, -0.2) is 28.9 Å². The van der Waals surface area contributed by atoms with Crippen molar-refractivity contribution in [3.63, 3.8) is 0 Å². The first kappa shape index (κ1) is 12.1. The van der Waals surface area contributed by atoms with Crippen molar-refractivity contribution in [2.75, 3.05) is 13.7 Å². The van der Waals surface area contributed by atoms with E-state index < -0.39 is 0 Å². The molecule has 1 aromatic rings. The summed E-state index contributed by atoms with van der Waals surface area (Å²) in [5.74, 6) is 0. The summed E-state index contributed by atoms with van der Waals surface area (Å²) in [7, 11) is 3.16. The van der Waals surface area contributed by atoms with Crippen LogP contribution in [0, 0.1) is 0 Å². The summed E-state index contributed by atoms with van der Waals surface area (Å²) >= 11 is 0. The molecule has 1 atom stereocenters. The first-order valence-electron chi connectivity index (χ1n) is 5.79. The number of ether oxygens (including phenoxy) is 2. The van der Waals surface area contributed by atoms with E-state index in [1.807, 2.05) is 0 Å². The summed E-state index contributed by atoms with van der Waals surface area (Å²) in [4.78, 5) is 16.0. The lowest BCUT2D eigenvalue weighted by Gasteiger charge is -2.22. The molecule has 17 heavy (non-hydrogen) atoms. The minimum absolute atomic E-state index is 0.103. The van der Waals surface area contributed by atoms with Crippen LogP contribution in [0.1, 0.15) is 25.5 Å². The van der Waals surface area contributed by atoms with Gasteiger partial charge in [-0.05, 0) is 19.8 Å². The Morgan fingerprint density at radius 3 is 3.00 bits per heavy atom. The van der Waals surface area contributed by atoms with E-state index in [1.54, 1.807) is 13.1 Å². The largest absolute Gasteiger partial charge is 0.468 e. The lowest BCUT2D eigenvalue weighted by Crippen LogP contribution is -2.29. The van der Waals surface area contributed by atoms with Gasteiger partial charge in [-0.15, -0.1) is 0 Å². The van der Waals surface area contributed by atoms with Gasteiger partial charge in [-0.3, -0.25) is 9.36 Å². The van der Waals surface area contributed by atoms with E-state index in [0.717, 1.165) is 25.1 Å². The molecule has 5 heteroatoms. The second kappa shape index (κ2) is 4.49. The summed E-state index contributed by atoms with van der Waals surface area (Å²) < 4.78 is 12.2. The average molecular weight is 238 g/mol. The maximum absolute atomic E-state index is 11.7. The minimum Gasteiger partial charge on any atom is -0.468 e. The van der Waals surface area contributed by atoms with E-state index in [2.05, 4.69) is 11.9 Å². The third-order valence-corrected chi connectivity index (χ3v) is 3.18. The van der Waals surface area contributed by atoms with Gasteiger partial charge in [-0.2, -0.15) is 0 Å². The fourth-order valence-corrected chi connectivity index (χ4v) is 2.20. The molecule has 2 rings (SSSR count). The van der Waals surface area contributed by atoms with Crippen molar-refractivity contribution in [2.45, 2.75) is 31.8 Å². The number of nitrogens with zero attached hydrogens (tertiary/aromatic N) is 2. The zero-order valence-electron chi connectivity index (χ0n) is 10.5. The standard InChI is InChI=1S/C12H18N2O3/c1-12(5-4-6-17-12)8-9-7-10(15)14(2)11(13-9)16-3/h7H,4-6,8H2,1-3H3. The quantitative estimate of drug-likeness (QED) is 0.785. The molecular formula is C12H18N2O3. The van der Waals surface area contributed by atoms with Gasteiger partial charge in [0.15, 0.2) is 0 Å². The molecule has 0 N–H and O–H groups in total. The van der Waals surface area contributed by atoms with E-state index in [9.17, 15) is 4.79 Å². The van der Waals surface area contributed by atoms with Crippen LogP contribution >= 0.6 is 0 Å². The molecule has 0 aliphatic carbocycles. The average Bonchev–Trinajstić information content (AvgIpc) is 2.70. The number of hydrogen-bond acceptors (Lipinski definition) is 4. The molecular weight excluding hydrogens is 220 g/mol. The molecule has 5 nitrogen and oxygen atoms in total. The second-order valence-electron chi connectivity index (χ2n) is 4.71. The van der Waals surface area contributed by atoms with Crippen LogP contribution in [0.2, 0.25) is 0 Å². The van der Waals surface area contributed by atoms with Gasteiger partial charge in [0.2, 0.25) is 0 Å². The molecule has 1 saturated heterocycles. The Balaban J connectivity index is 2.27. The molecule has 0 radical (unpaired) electrons. The number of methoxy groups -OCH3 is 1. The number of rotatable bonds is 3. The van der Waals surface area contributed by atoms with Crippen molar-refractivity contribution in [1.29, 1.82) is 0 Å². The van der Waals surface area contributed by atoms with E-state index in [-0.39, 0.29) is 11.2 Å². The maximum atomic E-state index is 11.7. The van der Waals surface area contributed by atoms with Gasteiger partial charge < -0.3 is 9.47 Å². The van der Waals surface area contributed by atoms with Crippen LogP contribution in [0.5, 0.6) is 6.01 Å². The second-order valence-corrected chi connectivity index (χ2v) is 4.71. The molecule has 1 fully saturated rings. The van der Waals surface area contributed by atoms with E-state index >= 15 is 0 Å². The fraction of sp³-hybridized carbons (Fsp3) is 0.667. The zero-order chi connectivity index (χ0) is 12.5. The third-order valence-electron chi connectivity index (χ3n) is 3.18. The van der Waals surface area contributed by atoms with Gasteiger partial charge in [-0.25, -0.2) is 4.98 Å². The molecule has 0 bridgehead atoms. The SMILES string of the molecule is COc1nc(CC2(C)CCCO2)cc(=O)n1C. The minimum atomic E-state index is -0.190. The van der Waals surface area contributed by atoms with Gasteiger partial charge in [0.1, 0.15) is 0 Å². The monoisotopic (exact) mass is 238 g/mol. The van der Waals surface area contributed by atoms with Gasteiger partial charge >= 0.3 is 0 Å². The summed E-state index contributed by atoms with van der Waals surface area (Å²) in [6.07, 6.45) is 2.73. The Kier molecular flexibility index (Phi) is 3.19. The molecule has 1 aliphatic heterocycles. The summed E-state index contributed by atoms with van der Waals surface area (Å²) in [5, 5.41) is 0. The summed E-state index contributed by atoms with van der Waals surface area (Å²) in [5.41, 5.74) is 0.437. The molecule has 0 amide bonds. The summed E-state index contributed by atoms with van der Waals surface area (Å²) in [6.45, 7) is 2.85. The Morgan fingerprint density at radius 1 is 1.65 bits per heavy atom. The van der Waals surface area contributed by atoms with Crippen molar-refractivity contribution in [2.24, 2.45) is 7.05 Å². The van der Waals surface area contributed by atoms with Crippen LogP contribution in [0.3, 0.4) is 0 Å². The smallest absolute Gasteiger partial charge is 0.298 e. The molecule has 0 aromatic carbocycles. The topological polar surface area (TPSA) is 53.4 Å². The van der Waals surface area contributed by atoms with E-state index in [4.69, 9.17) is 9.47 Å². The van der Waals surface area contributed by atoms with Crippen molar-refractivity contribution >= 4 is 0 Å². The molecule has 2 heterocycles. The van der Waals surface area contributed by atoms with Crippen molar-refractivity contribution < 1.29 is 9.47 Å². The fourth-order valence-electron chi connectivity index (χ4n) is 2.20. The Labute approximate surface area is 100 Å². The van der Waals surface area contributed by atoms with Gasteiger partial charge in [0, 0.05) is 26.1 Å². The van der Waals surface area contributed by atoms with Gasteiger partial charge in [0.25, 0.3) is 11.6 Å². The van der Waals surface area contributed by atoms with Gasteiger partial charge in [0.05, 0.1) is 18.4 Å². The highest BCUT2D eigenvalue weighted by Crippen LogP contribution is 2.28. The predicted octanol–water partition coefficient (Wildman–Crippen LogP) is 0.900. The van der Waals surface area contributed by atoms with Crippen LogP contribution < -0.4 is 10.3 Å². The number of hydrogen-bond donors (Lipinski definition) is 0. The Bertz CT molecular complexity index is 461. The predicted molar refractivity (Wildman–Crippen MR) is 63.3 cm³/mol. The highest BCUT2D eigenvalue weighted by Gasteiger charge is 2.30.